The van der Waals surface area contributed by atoms with Gasteiger partial charge in [0.15, 0.2) is 6.10 Å². The Morgan fingerprint density at radius 1 is 0.514 bits per heavy atom. The van der Waals surface area contributed by atoms with E-state index in [0.717, 1.165) is 44.5 Å². The number of halogens is 6. The molecule has 2 heterocycles. The van der Waals surface area contributed by atoms with Crippen molar-refractivity contribution in [1.29, 1.82) is 0 Å². The standard InChI is InChI=1S/C37H49Cl3N4O8.C22H27NO4.C15H24Cl3N3O5/c1-22(2)31(32(46)41-24(4)33(47)44-19-9-12-29(43-44)34(48)50-21-37(38,39)40)51-30(45)18-15-25-13-16-26(17-14-25)28-11-8-10-27(20-28)23(3)42-35(49)52-36(5,6)7;1-15(23-21(26)27-22(2,3)4)18-6-5-7-19(14-18)17-11-8-16(9-12-17)10-13-20(24)25;1-8(2)11(22)12(23)19-9(3)13(24)21-6-4-5-10(20-21)14(25)26-7-15(16,17)18/h8,10-11,13-14,16-17,20,22-24,29,31,43H,9,12,15,18-19,21H2,1-7H3,(H,41,46)(H,42,49);5-9,11-12,14-15H,10,13H2,1-4H3,(H,23,26)(H,24,25);8-11,20,22H,4-7H2,1-3H3,(H,19,23)/t23-,24+,29+,31+;15-;9-,10-,11-/m110/s1. The molecule has 2 aliphatic rings. The van der Waals surface area contributed by atoms with Crippen LogP contribution in [0, 0.1) is 11.8 Å². The van der Waals surface area contributed by atoms with Crippen LogP contribution in [0.15, 0.2) is 97.1 Å². The second-order valence-corrected chi connectivity index (χ2v) is 33.2. The number of alkyl carbamates (subject to hydrolysis) is 2. The zero-order chi connectivity index (χ0) is 78.9. The number of aryl methyl sites for hydroxylation is 2. The molecular formula is C74H100Cl6N8O17. The first-order valence-electron chi connectivity index (χ1n) is 34.5. The average molecular weight is 1590 g/mol. The second-order valence-electron chi connectivity index (χ2n) is 28.2. The molecule has 6 amide bonds. The summed E-state index contributed by atoms with van der Waals surface area (Å²) in [6.07, 6.45) is -0.251. The van der Waals surface area contributed by atoms with Crippen LogP contribution in [-0.4, -0.2) is 161 Å². The number of carboxylic acid groups (broad SMARTS) is 1. The third-order valence-electron chi connectivity index (χ3n) is 15.8. The van der Waals surface area contributed by atoms with Gasteiger partial charge < -0.3 is 55.2 Å². The number of carbonyl (C=O) groups excluding carboxylic acids is 9. The van der Waals surface area contributed by atoms with Crippen molar-refractivity contribution in [3.63, 3.8) is 0 Å². The molecule has 31 heteroatoms. The van der Waals surface area contributed by atoms with Crippen LogP contribution < -0.4 is 32.1 Å². The van der Waals surface area contributed by atoms with Gasteiger partial charge in [0.1, 0.15) is 54.7 Å². The normalized spacial score (nSPS) is 16.5. The number of carbonyl (C=O) groups is 10. The van der Waals surface area contributed by atoms with Crippen molar-refractivity contribution in [2.24, 2.45) is 11.8 Å². The van der Waals surface area contributed by atoms with E-state index in [-0.39, 0.29) is 36.8 Å². The molecule has 2 fully saturated rings. The van der Waals surface area contributed by atoms with Crippen LogP contribution in [-0.2, 0) is 74.9 Å². The fraction of sp³-hybridized carbons (Fsp3) is 0.541. The van der Waals surface area contributed by atoms with Crippen molar-refractivity contribution in [2.45, 2.75) is 216 Å². The Hall–Kier alpha value is -7.20. The van der Waals surface area contributed by atoms with Crippen molar-refractivity contribution in [2.75, 3.05) is 26.3 Å². The van der Waals surface area contributed by atoms with E-state index >= 15 is 0 Å². The number of hydrogen-bond donors (Lipinski definition) is 8. The van der Waals surface area contributed by atoms with E-state index in [9.17, 15) is 53.1 Å². The maximum absolute atomic E-state index is 13.2. The van der Waals surface area contributed by atoms with Crippen LogP contribution in [0.4, 0.5) is 9.59 Å². The molecule has 0 spiro atoms. The summed E-state index contributed by atoms with van der Waals surface area (Å²) in [5.74, 6) is -5.45. The molecule has 4 aromatic carbocycles. The first kappa shape index (κ1) is 90.2. The molecule has 0 aromatic heterocycles. The third kappa shape index (κ3) is 33.6. The summed E-state index contributed by atoms with van der Waals surface area (Å²) in [6, 6.07) is 27.6. The van der Waals surface area contributed by atoms with Crippen LogP contribution in [0.25, 0.3) is 22.3 Å². The molecule has 25 nitrogen and oxygen atoms in total. The minimum atomic E-state index is -1.76. The molecule has 0 bridgehead atoms. The van der Waals surface area contributed by atoms with Crippen molar-refractivity contribution < 1.29 is 81.8 Å². The number of rotatable bonds is 25. The molecule has 0 unspecified atom stereocenters. The quantitative estimate of drug-likeness (QED) is 0.0174. The Morgan fingerprint density at radius 2 is 0.895 bits per heavy atom. The Bertz CT molecular complexity index is 3560. The number of aliphatic carboxylic acids is 1. The predicted molar refractivity (Wildman–Crippen MR) is 403 cm³/mol. The van der Waals surface area contributed by atoms with Gasteiger partial charge in [-0.2, -0.15) is 0 Å². The highest BCUT2D eigenvalue weighted by Gasteiger charge is 2.37. The summed E-state index contributed by atoms with van der Waals surface area (Å²) in [5.41, 5.74) is 12.3. The highest BCUT2D eigenvalue weighted by Crippen LogP contribution is 2.30. The SMILES string of the molecule is CC(C)[C@H](O)C(=O)N[C@@H](C)C(=O)N1CCC[C@@H](C(=O)OCC(Cl)(Cl)Cl)N1.CC(C)[C@H](OC(=O)CCc1ccc(-c2cccc([C@@H](C)NC(=O)OC(C)(C)C)c2)cc1)C(=O)N[C@@H](C)C(=O)N1CCC[C@@H](C(=O)OCC(Cl)(Cl)Cl)N1.C[C@@H](NC(=O)OC(C)(C)C)c1cccc(-c2ccc(CCC(=O)O)cc2)c1. The molecular weight excluding hydrogens is 1490 g/mol. The fourth-order valence-electron chi connectivity index (χ4n) is 10.3. The summed E-state index contributed by atoms with van der Waals surface area (Å²) >= 11 is 33.6. The maximum atomic E-state index is 13.2. The van der Waals surface area contributed by atoms with Gasteiger partial charge in [-0.25, -0.2) is 20.4 Å². The molecule has 8 N–H and O–H groups in total. The van der Waals surface area contributed by atoms with Crippen molar-refractivity contribution in [1.82, 2.24) is 42.1 Å². The largest absolute Gasteiger partial charge is 0.481 e. The number of hydrogen-bond acceptors (Lipinski definition) is 18. The van der Waals surface area contributed by atoms with Crippen molar-refractivity contribution >= 4 is 129 Å². The summed E-state index contributed by atoms with van der Waals surface area (Å²) < 4.78 is 22.7. The van der Waals surface area contributed by atoms with Gasteiger partial charge in [-0.05, 0) is 176 Å². The van der Waals surface area contributed by atoms with E-state index in [0.29, 0.717) is 51.6 Å². The number of benzene rings is 4. The first-order valence-corrected chi connectivity index (χ1v) is 36.7. The summed E-state index contributed by atoms with van der Waals surface area (Å²) in [4.78, 5) is 123. The van der Waals surface area contributed by atoms with Gasteiger partial charge >= 0.3 is 36.1 Å². The van der Waals surface area contributed by atoms with Gasteiger partial charge in [-0.1, -0.05) is 182 Å². The smallest absolute Gasteiger partial charge is 0.408 e. The van der Waals surface area contributed by atoms with Crippen LogP contribution in [0.2, 0.25) is 0 Å². The number of carboxylic acids is 1. The van der Waals surface area contributed by atoms with E-state index < -0.39 is 128 Å². The molecule has 0 aliphatic carbocycles. The van der Waals surface area contributed by atoms with Gasteiger partial charge in [0.25, 0.3) is 17.7 Å². The number of nitrogens with one attached hydrogen (secondary N) is 6. The molecule has 580 valence electrons. The number of esters is 3. The van der Waals surface area contributed by atoms with Crippen LogP contribution >= 0.6 is 69.6 Å². The lowest BCUT2D eigenvalue weighted by molar-refractivity contribution is -0.159. The number of nitrogens with zero attached hydrogens (tertiary/aromatic N) is 2. The van der Waals surface area contributed by atoms with E-state index in [4.69, 9.17) is 98.4 Å². The fourth-order valence-corrected chi connectivity index (χ4v) is 10.6. The van der Waals surface area contributed by atoms with Crippen LogP contribution in [0.1, 0.15) is 170 Å². The van der Waals surface area contributed by atoms with Gasteiger partial charge in [0.05, 0.1) is 12.1 Å². The molecule has 0 saturated carbocycles. The number of aliphatic hydroxyl groups excluding tert-OH is 1. The predicted octanol–water partition coefficient (Wildman–Crippen LogP) is 12.2. The minimum absolute atomic E-state index is 0.0428. The van der Waals surface area contributed by atoms with Crippen LogP contribution in [0.3, 0.4) is 0 Å². The van der Waals surface area contributed by atoms with Crippen LogP contribution in [0.5, 0.6) is 0 Å². The zero-order valence-electron chi connectivity index (χ0n) is 61.7. The number of hydrazine groups is 2. The Balaban J connectivity index is 0.000000369. The Morgan fingerprint density at radius 3 is 1.25 bits per heavy atom. The zero-order valence-corrected chi connectivity index (χ0v) is 66.2. The molecule has 2 aliphatic heterocycles. The van der Waals surface area contributed by atoms with Crippen molar-refractivity contribution in [3.8, 4) is 22.3 Å². The lowest BCUT2D eigenvalue weighted by Gasteiger charge is -2.34. The Kier molecular flexibility index (Phi) is 35.9. The molecule has 8 atom stereocenters. The molecule has 2 saturated heterocycles. The number of ether oxygens (including phenoxy) is 5. The summed E-state index contributed by atoms with van der Waals surface area (Å²) in [5, 5.41) is 31.8. The van der Waals surface area contributed by atoms with Gasteiger partial charge in [0, 0.05) is 25.9 Å². The lowest BCUT2D eigenvalue weighted by atomic mass is 9.98. The third-order valence-corrected chi connectivity index (χ3v) is 16.4. The van der Waals surface area contributed by atoms with Gasteiger partial charge in [-0.3, -0.25) is 48.4 Å². The topological polar surface area (TPSA) is 336 Å². The van der Waals surface area contributed by atoms with Gasteiger partial charge in [0.2, 0.25) is 13.5 Å². The molecule has 105 heavy (non-hydrogen) atoms. The highest BCUT2D eigenvalue weighted by molar-refractivity contribution is 6.68. The number of alkyl halides is 6. The van der Waals surface area contributed by atoms with Crippen molar-refractivity contribution in [3.05, 3.63) is 119 Å². The average Bonchev–Trinajstić information content (AvgIpc) is 0.847. The summed E-state index contributed by atoms with van der Waals surface area (Å²) in [7, 11) is 0. The lowest BCUT2D eigenvalue weighted by Crippen LogP contribution is -2.60. The van der Waals surface area contributed by atoms with Gasteiger partial charge in [-0.15, -0.1) is 0 Å². The maximum Gasteiger partial charge on any atom is 0.408 e. The molecule has 0 radical (unpaired) electrons. The van der Waals surface area contributed by atoms with E-state index in [1.165, 1.54) is 23.9 Å². The first-order chi connectivity index (χ1) is 48.8. The number of amides is 6. The van der Waals surface area contributed by atoms with E-state index in [1.54, 1.807) is 27.7 Å². The second kappa shape index (κ2) is 41.8. The molecule has 6 rings (SSSR count). The highest BCUT2D eigenvalue weighted by atomic mass is 35.6. The van der Waals surface area contributed by atoms with E-state index in [2.05, 4.69) is 32.1 Å². The number of aliphatic hydroxyl groups is 1. The molecule has 4 aromatic rings. The monoisotopic (exact) mass is 1580 g/mol. The Labute approximate surface area is 644 Å². The minimum Gasteiger partial charge on any atom is -0.481 e. The van der Waals surface area contributed by atoms with E-state index in [1.807, 2.05) is 152 Å². The summed E-state index contributed by atoms with van der Waals surface area (Å²) in [6.45, 7) is 24.4.